The molecule has 0 saturated heterocycles. The Morgan fingerprint density at radius 2 is 0.593 bits per heavy atom. The van der Waals surface area contributed by atoms with Crippen molar-refractivity contribution in [3.8, 4) is 0 Å². The fraction of sp³-hybridized carbons (Fsp3) is 0.935. The minimum absolute atomic E-state index is 0.100. The number of esters is 4. The average molecular weight is 1200 g/mol. The van der Waals surface area contributed by atoms with Gasteiger partial charge in [0, 0.05) is 25.7 Å². The molecular weight excluding hydrogens is 1080 g/mol. The van der Waals surface area contributed by atoms with E-state index in [1.165, 1.54) is 83.5 Å². The van der Waals surface area contributed by atoms with Crippen molar-refractivity contribution in [1.82, 2.24) is 0 Å². The minimum atomic E-state index is -4.94. The molecular formula is C62H120O17P2. The second-order valence-corrected chi connectivity index (χ2v) is 27.0. The zero-order valence-electron chi connectivity index (χ0n) is 52.4. The van der Waals surface area contributed by atoms with E-state index in [0.29, 0.717) is 43.4 Å². The van der Waals surface area contributed by atoms with Crippen LogP contribution in [0.15, 0.2) is 0 Å². The van der Waals surface area contributed by atoms with Crippen LogP contribution in [0, 0.1) is 23.7 Å². The molecule has 0 aromatic rings. The first kappa shape index (κ1) is 79.1. The van der Waals surface area contributed by atoms with Gasteiger partial charge < -0.3 is 33.8 Å². The van der Waals surface area contributed by atoms with Crippen molar-refractivity contribution in [1.29, 1.82) is 0 Å². The molecule has 0 aliphatic carbocycles. The van der Waals surface area contributed by atoms with E-state index in [-0.39, 0.29) is 25.7 Å². The van der Waals surface area contributed by atoms with E-state index in [1.807, 2.05) is 0 Å². The van der Waals surface area contributed by atoms with Crippen LogP contribution in [0.2, 0.25) is 0 Å². The Hall–Kier alpha value is -1.94. The number of unbranched alkanes of at least 4 members (excludes halogenated alkanes) is 24. The summed E-state index contributed by atoms with van der Waals surface area (Å²) >= 11 is 0. The van der Waals surface area contributed by atoms with Crippen LogP contribution >= 0.6 is 15.6 Å². The first-order chi connectivity index (χ1) is 38.6. The summed E-state index contributed by atoms with van der Waals surface area (Å²) in [5.74, 6) is 0.701. The highest BCUT2D eigenvalue weighted by Gasteiger charge is 2.30. The van der Waals surface area contributed by atoms with Crippen LogP contribution in [0.3, 0.4) is 0 Å². The second kappa shape index (κ2) is 52.4. The third-order valence-corrected chi connectivity index (χ3v) is 16.3. The molecule has 3 N–H and O–H groups in total. The van der Waals surface area contributed by atoms with E-state index >= 15 is 0 Å². The van der Waals surface area contributed by atoms with Gasteiger partial charge in [-0.25, -0.2) is 9.13 Å². The summed E-state index contributed by atoms with van der Waals surface area (Å²) in [5, 5.41) is 10.5. The third-order valence-electron chi connectivity index (χ3n) is 14.4. The molecule has 4 unspecified atom stereocenters. The molecule has 0 saturated carbocycles. The van der Waals surface area contributed by atoms with E-state index in [4.69, 9.17) is 37.0 Å². The summed E-state index contributed by atoms with van der Waals surface area (Å²) in [7, 11) is -9.88. The molecule has 0 rings (SSSR count). The van der Waals surface area contributed by atoms with E-state index in [1.54, 1.807) is 0 Å². The third kappa shape index (κ3) is 55.7. The van der Waals surface area contributed by atoms with Crippen molar-refractivity contribution >= 4 is 39.5 Å². The first-order valence-electron chi connectivity index (χ1n) is 32.2. The quantitative estimate of drug-likeness (QED) is 0.0222. The SMILES string of the molecule is CCC(C)CCCCCCCCCCC(=O)O[C@H](COC(=O)CCCCCCCCCC(C)C)COP(=O)(O)OCC(O)COP(=O)(O)OC[C@@H](COC(=O)CCCCCCCCCC(C)C)OC(=O)CCCCCCCCC(C)C. The molecule has 0 heterocycles. The van der Waals surface area contributed by atoms with Gasteiger partial charge in [-0.05, 0) is 49.4 Å². The van der Waals surface area contributed by atoms with E-state index < -0.39 is 97.5 Å². The van der Waals surface area contributed by atoms with Crippen LogP contribution in [-0.2, 0) is 65.4 Å². The highest BCUT2D eigenvalue weighted by atomic mass is 31.2. The van der Waals surface area contributed by atoms with Gasteiger partial charge in [0.05, 0.1) is 26.4 Å². The lowest BCUT2D eigenvalue weighted by molar-refractivity contribution is -0.161. The van der Waals surface area contributed by atoms with Crippen LogP contribution in [0.1, 0.15) is 293 Å². The molecule has 0 radical (unpaired) electrons. The van der Waals surface area contributed by atoms with Gasteiger partial charge in [0.1, 0.15) is 19.3 Å². The molecule has 19 heteroatoms. The van der Waals surface area contributed by atoms with E-state index in [9.17, 15) is 43.2 Å². The maximum atomic E-state index is 12.9. The van der Waals surface area contributed by atoms with E-state index in [0.717, 1.165) is 109 Å². The molecule has 0 amide bonds. The summed E-state index contributed by atoms with van der Waals surface area (Å²) in [6, 6.07) is 0. The smallest absolute Gasteiger partial charge is 0.462 e. The number of hydrogen-bond acceptors (Lipinski definition) is 15. The normalized spacial score (nSPS) is 14.8. The molecule has 0 bridgehead atoms. The van der Waals surface area contributed by atoms with Crippen molar-refractivity contribution < 1.29 is 80.2 Å². The highest BCUT2D eigenvalue weighted by Crippen LogP contribution is 2.45. The monoisotopic (exact) mass is 1200 g/mol. The number of carbonyl (C=O) groups excluding carboxylic acids is 4. The second-order valence-electron chi connectivity index (χ2n) is 24.1. The summed E-state index contributed by atoms with van der Waals surface area (Å²) in [5.41, 5.74) is 0. The summed E-state index contributed by atoms with van der Waals surface area (Å²) < 4.78 is 67.8. The van der Waals surface area contributed by atoms with Crippen LogP contribution in [0.4, 0.5) is 0 Å². The molecule has 0 aliphatic rings. The zero-order chi connectivity index (χ0) is 60.4. The van der Waals surface area contributed by atoms with Gasteiger partial charge in [0.25, 0.3) is 0 Å². The largest absolute Gasteiger partial charge is 0.472 e. The molecule has 81 heavy (non-hydrogen) atoms. The summed E-state index contributed by atoms with van der Waals surface area (Å²) in [6.07, 6.45) is 31.0. The molecule has 17 nitrogen and oxygen atoms in total. The van der Waals surface area contributed by atoms with Crippen LogP contribution in [0.25, 0.3) is 0 Å². The predicted molar refractivity (Wildman–Crippen MR) is 321 cm³/mol. The Morgan fingerprint density at radius 1 is 0.346 bits per heavy atom. The highest BCUT2D eigenvalue weighted by molar-refractivity contribution is 7.47. The fourth-order valence-electron chi connectivity index (χ4n) is 9.04. The summed E-state index contributed by atoms with van der Waals surface area (Å²) in [6.45, 7) is 13.9. The number of phosphoric ester groups is 2. The van der Waals surface area contributed by atoms with Crippen molar-refractivity contribution in [2.75, 3.05) is 39.6 Å². The number of ether oxygens (including phenoxy) is 4. The number of phosphoric acid groups is 2. The molecule has 480 valence electrons. The molecule has 0 spiro atoms. The standard InChI is InChI=1S/C62H120O17P2/c1-9-55(8)41-33-25-16-10-11-17-28-36-44-61(66)78-57(48-72-59(64)42-34-26-18-12-14-22-30-38-52(2)3)50-76-80(68,69)74-46-56(63)47-75-81(70,71)77-51-58(79-62(67)45-37-29-21-20-24-32-40-54(6)7)49-73-60(65)43-35-27-19-13-15-23-31-39-53(4)5/h52-58,63H,9-51H2,1-8H3,(H,68,69)(H,70,71)/t55?,56?,57-,58-/m1/s1. The average Bonchev–Trinajstić information content (AvgIpc) is 3.41. The summed E-state index contributed by atoms with van der Waals surface area (Å²) in [4.78, 5) is 72.1. The number of aliphatic hydroxyl groups excluding tert-OH is 1. The minimum Gasteiger partial charge on any atom is -0.462 e. The van der Waals surface area contributed by atoms with Crippen LogP contribution in [-0.4, -0.2) is 96.7 Å². The van der Waals surface area contributed by atoms with Gasteiger partial charge in [0.2, 0.25) is 0 Å². The molecule has 0 fully saturated rings. The Kier molecular flexibility index (Phi) is 51.1. The Balaban J connectivity index is 5.25. The van der Waals surface area contributed by atoms with E-state index in [2.05, 4.69) is 55.4 Å². The molecule has 0 aliphatic heterocycles. The lowest BCUT2D eigenvalue weighted by Gasteiger charge is -2.21. The lowest BCUT2D eigenvalue weighted by atomic mass is 9.99. The fourth-order valence-corrected chi connectivity index (χ4v) is 10.6. The Morgan fingerprint density at radius 3 is 0.877 bits per heavy atom. The maximum Gasteiger partial charge on any atom is 0.472 e. The predicted octanol–water partition coefficient (Wildman–Crippen LogP) is 16.6. The van der Waals surface area contributed by atoms with Crippen molar-refractivity contribution in [3.63, 3.8) is 0 Å². The van der Waals surface area contributed by atoms with Crippen molar-refractivity contribution in [2.45, 2.75) is 311 Å². The molecule has 0 aromatic carbocycles. The van der Waals surface area contributed by atoms with Gasteiger partial charge in [-0.1, -0.05) is 242 Å². The number of carbonyl (C=O) groups is 4. The van der Waals surface area contributed by atoms with Gasteiger partial charge >= 0.3 is 39.5 Å². The maximum absolute atomic E-state index is 12.9. The Labute approximate surface area is 492 Å². The van der Waals surface area contributed by atoms with Gasteiger partial charge in [-0.15, -0.1) is 0 Å². The van der Waals surface area contributed by atoms with Gasteiger partial charge in [0.15, 0.2) is 12.2 Å². The Bertz CT molecular complexity index is 1630. The van der Waals surface area contributed by atoms with Gasteiger partial charge in [-0.3, -0.25) is 37.3 Å². The van der Waals surface area contributed by atoms with Crippen LogP contribution < -0.4 is 0 Å². The first-order valence-corrected chi connectivity index (χ1v) is 35.2. The van der Waals surface area contributed by atoms with Crippen molar-refractivity contribution in [2.24, 2.45) is 23.7 Å². The molecule has 6 atom stereocenters. The molecule has 0 aromatic heterocycles. The number of hydrogen-bond donors (Lipinski definition) is 3. The van der Waals surface area contributed by atoms with Crippen LogP contribution in [0.5, 0.6) is 0 Å². The zero-order valence-corrected chi connectivity index (χ0v) is 54.2. The number of aliphatic hydroxyl groups is 1. The topological polar surface area (TPSA) is 237 Å². The number of rotatable bonds is 59. The van der Waals surface area contributed by atoms with Gasteiger partial charge in [-0.2, -0.15) is 0 Å². The van der Waals surface area contributed by atoms with Crippen molar-refractivity contribution in [3.05, 3.63) is 0 Å². The lowest BCUT2D eigenvalue weighted by Crippen LogP contribution is -2.30.